The van der Waals surface area contributed by atoms with Crippen LogP contribution in [-0.2, 0) is 20.4 Å². The predicted octanol–water partition coefficient (Wildman–Crippen LogP) is 0.534. The number of rotatable bonds is 13. The number of aliphatic imine (C=N–C) groups is 1. The molecule has 1 aromatic carbocycles. The molecule has 0 radical (unpaired) electrons. The van der Waals surface area contributed by atoms with Gasteiger partial charge < -0.3 is 36.2 Å². The van der Waals surface area contributed by atoms with E-state index in [9.17, 15) is 9.00 Å². The van der Waals surface area contributed by atoms with Gasteiger partial charge in [-0.25, -0.2) is 19.8 Å². The molecule has 15 heteroatoms. The van der Waals surface area contributed by atoms with Gasteiger partial charge in [0.1, 0.15) is 12.1 Å². The highest BCUT2D eigenvalue weighted by molar-refractivity contribution is 7.87. The van der Waals surface area contributed by atoms with Gasteiger partial charge in [0, 0.05) is 36.1 Å². The number of urea groups is 1. The van der Waals surface area contributed by atoms with Crippen molar-refractivity contribution in [2.75, 3.05) is 56.7 Å². The van der Waals surface area contributed by atoms with Gasteiger partial charge in [-0.3, -0.25) is 9.53 Å². The molecule has 1 unspecified atom stereocenters. The number of nitrogens with one attached hydrogen (secondary N) is 3. The van der Waals surface area contributed by atoms with Crippen molar-refractivity contribution in [3.05, 3.63) is 54.2 Å². The molecule has 0 bridgehead atoms. The quantitative estimate of drug-likeness (QED) is 0.108. The van der Waals surface area contributed by atoms with Gasteiger partial charge in [0.25, 0.3) is 0 Å². The molecule has 1 aromatic heterocycles. The monoisotopic (exact) mass is 588 g/mol. The van der Waals surface area contributed by atoms with Crippen LogP contribution in [0, 0.1) is 0 Å². The zero-order valence-electron chi connectivity index (χ0n) is 22.8. The number of anilines is 2. The van der Waals surface area contributed by atoms with Gasteiger partial charge in [-0.15, -0.1) is 5.06 Å². The number of aromatic nitrogens is 2. The summed E-state index contributed by atoms with van der Waals surface area (Å²) in [5, 5.41) is 27.6. The Bertz CT molecular complexity index is 1250. The standard InChI is InChI=1S/C26H36N8O6S/c1-18-16-39-13-10-34(18)40-17-22(26(6-7-26)41(38)21-4-2-20(3-5-21)28-8-11-35)32-23(27)19-14-30-24(31-15-19)33-25(37)29-9-12-36/h2-5,14-15,17-18,28,35-36H,6-13,16H2,1H3,(H2,27,32)(H2,29,30,31,33,37)/b22-17-/t18-,41?/m0/s1. The molecular weight excluding hydrogens is 552 g/mol. The molecule has 7 N–H and O–H groups in total. The van der Waals surface area contributed by atoms with Crippen molar-refractivity contribution in [1.29, 1.82) is 0 Å². The Labute approximate surface area is 240 Å². The van der Waals surface area contributed by atoms with E-state index in [1.807, 2.05) is 19.1 Å². The Balaban J connectivity index is 1.57. The zero-order chi connectivity index (χ0) is 29.2. The molecule has 2 aliphatic rings. The summed E-state index contributed by atoms with van der Waals surface area (Å²) in [6, 6.07) is 6.70. The van der Waals surface area contributed by atoms with Gasteiger partial charge in [-0.1, -0.05) is 0 Å². The molecule has 4 rings (SSSR count). The summed E-state index contributed by atoms with van der Waals surface area (Å²) in [7, 11) is -1.46. The van der Waals surface area contributed by atoms with Crippen LogP contribution in [0.4, 0.5) is 16.4 Å². The highest BCUT2D eigenvalue weighted by atomic mass is 32.2. The lowest BCUT2D eigenvalue weighted by atomic mass is 10.3. The molecule has 222 valence electrons. The third-order valence-electron chi connectivity index (χ3n) is 6.45. The zero-order valence-corrected chi connectivity index (χ0v) is 23.6. The number of morpholine rings is 1. The lowest BCUT2D eigenvalue weighted by Crippen LogP contribution is -2.42. The van der Waals surface area contributed by atoms with E-state index in [0.29, 0.717) is 55.3 Å². The molecule has 2 heterocycles. The molecule has 2 fully saturated rings. The minimum atomic E-state index is -1.46. The maximum Gasteiger partial charge on any atom is 0.321 e. The van der Waals surface area contributed by atoms with E-state index in [0.717, 1.165) is 5.69 Å². The molecule has 1 saturated heterocycles. The van der Waals surface area contributed by atoms with E-state index in [-0.39, 0.29) is 37.6 Å². The number of hydrogen-bond acceptors (Lipinski definition) is 11. The SMILES string of the molecule is C[C@H]1COCCN1O/C=C(\N=C(N)c1cnc(NC(=O)NCCO)nc1)C1(S(=O)c2ccc(NCCO)cc2)CC1. The lowest BCUT2D eigenvalue weighted by Gasteiger charge is -2.31. The van der Waals surface area contributed by atoms with Crippen LogP contribution < -0.4 is 21.7 Å². The molecule has 1 aliphatic carbocycles. The summed E-state index contributed by atoms with van der Waals surface area (Å²) in [6.07, 6.45) is 5.60. The van der Waals surface area contributed by atoms with Crippen LogP contribution in [0.15, 0.2) is 58.5 Å². The van der Waals surface area contributed by atoms with Crippen LogP contribution in [0.5, 0.6) is 0 Å². The number of hydroxylamine groups is 2. The van der Waals surface area contributed by atoms with Gasteiger partial charge >= 0.3 is 6.03 Å². The first-order valence-electron chi connectivity index (χ1n) is 13.3. The Kier molecular flexibility index (Phi) is 10.6. The minimum absolute atomic E-state index is 0.0103. The Morgan fingerprint density at radius 3 is 2.59 bits per heavy atom. The molecule has 2 amide bonds. The van der Waals surface area contributed by atoms with E-state index >= 15 is 0 Å². The van der Waals surface area contributed by atoms with Gasteiger partial charge in [-0.05, 0) is 44.0 Å². The second kappa shape index (κ2) is 14.3. The molecule has 14 nitrogen and oxygen atoms in total. The number of aliphatic hydroxyl groups is 2. The Morgan fingerprint density at radius 2 is 1.95 bits per heavy atom. The largest absolute Gasteiger partial charge is 0.411 e. The topological polar surface area (TPSA) is 197 Å². The van der Waals surface area contributed by atoms with Crippen molar-refractivity contribution in [3.8, 4) is 0 Å². The molecule has 0 spiro atoms. The van der Waals surface area contributed by atoms with Crippen LogP contribution >= 0.6 is 0 Å². The molecular formula is C26H36N8O6S. The minimum Gasteiger partial charge on any atom is -0.411 e. The average molecular weight is 589 g/mol. The van der Waals surface area contributed by atoms with Crippen LogP contribution in [-0.4, -0.2) is 98.2 Å². The van der Waals surface area contributed by atoms with Gasteiger partial charge in [0.2, 0.25) is 5.95 Å². The number of nitrogens with zero attached hydrogens (tertiary/aromatic N) is 4. The van der Waals surface area contributed by atoms with E-state index in [2.05, 4.69) is 30.9 Å². The summed E-state index contributed by atoms with van der Waals surface area (Å²) >= 11 is 0. The molecule has 1 aliphatic heterocycles. The van der Waals surface area contributed by atoms with E-state index in [1.165, 1.54) is 18.7 Å². The first kappa shape index (κ1) is 30.3. The van der Waals surface area contributed by atoms with E-state index < -0.39 is 21.6 Å². The van der Waals surface area contributed by atoms with Crippen LogP contribution in [0.3, 0.4) is 0 Å². The fourth-order valence-corrected chi connectivity index (χ4v) is 5.62. The number of hydrogen-bond donors (Lipinski definition) is 6. The first-order valence-corrected chi connectivity index (χ1v) is 14.4. The molecule has 2 aromatic rings. The van der Waals surface area contributed by atoms with Gasteiger partial charge in [0.05, 0.1) is 65.8 Å². The first-order chi connectivity index (χ1) is 19.9. The van der Waals surface area contributed by atoms with Crippen molar-refractivity contribution in [2.45, 2.75) is 35.4 Å². The number of amidine groups is 1. The second-order valence-electron chi connectivity index (χ2n) is 9.51. The fourth-order valence-electron chi connectivity index (χ4n) is 4.03. The number of carbonyl (C=O) groups excluding carboxylic acids is 1. The number of carbonyl (C=O) groups is 1. The smallest absolute Gasteiger partial charge is 0.321 e. The fraction of sp³-hybridized carbons (Fsp3) is 0.462. The number of benzene rings is 1. The third kappa shape index (κ3) is 7.98. The highest BCUT2D eigenvalue weighted by Crippen LogP contribution is 2.50. The predicted molar refractivity (Wildman–Crippen MR) is 153 cm³/mol. The summed E-state index contributed by atoms with van der Waals surface area (Å²) in [5.41, 5.74) is 8.01. The summed E-state index contributed by atoms with van der Waals surface area (Å²) in [5.74, 6) is 0.145. The maximum atomic E-state index is 13.9. The van der Waals surface area contributed by atoms with Crippen molar-refractivity contribution >= 4 is 34.3 Å². The average Bonchev–Trinajstić information content (AvgIpc) is 3.80. The number of amides is 2. The van der Waals surface area contributed by atoms with E-state index in [1.54, 1.807) is 17.2 Å². The highest BCUT2D eigenvalue weighted by Gasteiger charge is 2.53. The normalized spacial score (nSPS) is 19.7. The van der Waals surface area contributed by atoms with Crippen molar-refractivity contribution in [1.82, 2.24) is 20.3 Å². The number of nitrogens with two attached hydrogens (primary N) is 1. The summed E-state index contributed by atoms with van der Waals surface area (Å²) in [4.78, 5) is 31.3. The van der Waals surface area contributed by atoms with Crippen LogP contribution in [0.2, 0.25) is 0 Å². The van der Waals surface area contributed by atoms with Crippen LogP contribution in [0.1, 0.15) is 25.3 Å². The second-order valence-corrected chi connectivity index (χ2v) is 11.3. The summed E-state index contributed by atoms with van der Waals surface area (Å²) in [6.45, 7) is 3.94. The third-order valence-corrected chi connectivity index (χ3v) is 8.48. The van der Waals surface area contributed by atoms with Crippen LogP contribution in [0.25, 0.3) is 0 Å². The maximum absolute atomic E-state index is 13.9. The van der Waals surface area contributed by atoms with Gasteiger partial charge in [-0.2, -0.15) is 0 Å². The van der Waals surface area contributed by atoms with Gasteiger partial charge in [0.15, 0.2) is 0 Å². The molecule has 41 heavy (non-hydrogen) atoms. The summed E-state index contributed by atoms with van der Waals surface area (Å²) < 4.78 is 18.6. The van der Waals surface area contributed by atoms with Crippen molar-refractivity contribution in [3.63, 3.8) is 0 Å². The Hall–Kier alpha value is -3.63. The number of aliphatic hydroxyl groups excluding tert-OH is 2. The van der Waals surface area contributed by atoms with E-state index in [4.69, 9.17) is 25.5 Å². The number of ether oxygens (including phenoxy) is 1. The molecule has 2 atom stereocenters. The van der Waals surface area contributed by atoms with Crippen molar-refractivity contribution < 1.29 is 28.8 Å². The lowest BCUT2D eigenvalue weighted by molar-refractivity contribution is -0.182. The van der Waals surface area contributed by atoms with Crippen molar-refractivity contribution in [2.24, 2.45) is 10.7 Å². The molecule has 1 saturated carbocycles. The Morgan fingerprint density at radius 1 is 1.24 bits per heavy atom.